The summed E-state index contributed by atoms with van der Waals surface area (Å²) in [5.74, 6) is -2.25. The van der Waals surface area contributed by atoms with Gasteiger partial charge in [-0.05, 0) is 89.9 Å². The normalized spacial score (nSPS) is 12.9. The van der Waals surface area contributed by atoms with Gasteiger partial charge < -0.3 is 33.3 Å². The Morgan fingerprint density at radius 2 is 0.524 bits per heavy atom. The molecule has 9 heteroatoms. The van der Waals surface area contributed by atoms with Gasteiger partial charge in [-0.1, -0.05) is 421 Å². The number of carbonyl (C=O) groups is 3. The molecule has 0 saturated carbocycles. The topological polar surface area (TPSA) is 111 Å². The summed E-state index contributed by atoms with van der Waals surface area (Å²) in [5.41, 5.74) is 0. The molecule has 0 aromatic heterocycles. The van der Waals surface area contributed by atoms with Gasteiger partial charge in [-0.15, -0.1) is 0 Å². The van der Waals surface area contributed by atoms with Crippen LogP contribution < -0.4 is 5.11 Å². The summed E-state index contributed by atoms with van der Waals surface area (Å²) in [5, 5.41) is 11.9. The predicted octanol–water partition coefficient (Wildman–Crippen LogP) is 28.2. The lowest BCUT2D eigenvalue weighted by Crippen LogP contribution is -2.44. The second-order valence-electron chi connectivity index (χ2n) is 31.9. The molecular formula is C94H173NO8. The van der Waals surface area contributed by atoms with Crippen LogP contribution in [0.1, 0.15) is 450 Å². The summed E-state index contributed by atoms with van der Waals surface area (Å²) in [4.78, 5) is 37.7. The molecular weight excluding hydrogens is 1270 g/mol. The van der Waals surface area contributed by atoms with E-state index in [0.717, 1.165) is 64.2 Å². The van der Waals surface area contributed by atoms with Crippen LogP contribution in [-0.4, -0.2) is 82.3 Å². The molecule has 0 aromatic rings. The highest BCUT2D eigenvalue weighted by Crippen LogP contribution is 2.20. The Kier molecular flexibility index (Phi) is 81.7. The van der Waals surface area contributed by atoms with Crippen molar-refractivity contribution in [1.82, 2.24) is 0 Å². The molecule has 0 fully saturated rings. The van der Waals surface area contributed by atoms with E-state index in [0.29, 0.717) is 17.4 Å². The van der Waals surface area contributed by atoms with Crippen molar-refractivity contribution in [1.29, 1.82) is 0 Å². The van der Waals surface area contributed by atoms with Gasteiger partial charge in [0.25, 0.3) is 0 Å². The van der Waals surface area contributed by atoms with E-state index in [-0.39, 0.29) is 32.2 Å². The Bertz CT molecular complexity index is 1930. The Morgan fingerprint density at radius 1 is 0.291 bits per heavy atom. The van der Waals surface area contributed by atoms with Crippen LogP contribution in [0.3, 0.4) is 0 Å². The van der Waals surface area contributed by atoms with Crippen LogP contribution >= 0.6 is 0 Å². The zero-order chi connectivity index (χ0) is 74.6. The number of allylic oxidation sites excluding steroid dienone is 12. The molecule has 0 aliphatic rings. The van der Waals surface area contributed by atoms with E-state index >= 15 is 0 Å². The average molecular weight is 1450 g/mol. The molecule has 0 aromatic carbocycles. The highest BCUT2D eigenvalue weighted by atomic mass is 16.7. The first kappa shape index (κ1) is 99.7. The third-order valence-electron chi connectivity index (χ3n) is 20.4. The van der Waals surface area contributed by atoms with E-state index in [1.54, 1.807) is 0 Å². The van der Waals surface area contributed by atoms with E-state index in [1.807, 2.05) is 21.1 Å². The van der Waals surface area contributed by atoms with Gasteiger partial charge in [-0.25, -0.2) is 0 Å². The standard InChI is InChI=1S/C94H173NO8/c1-6-8-10-12-14-16-18-20-22-24-26-28-30-32-34-36-38-40-42-44-46-48-50-52-54-56-58-60-62-64-66-68-70-72-74-76-78-80-82-84-91(96)101-88-90(89-102-94(93(98)99)100-87-86-95(3,4)5)103-92(97)85-83-81-79-77-75-73-71-69-67-65-63-61-59-57-55-53-51-49-47-45-43-41-39-37-35-33-31-29-27-25-23-21-19-17-15-13-11-9-7-2/h18-21,24-27,30-33,90,94H,6-17,22-23,28-29,34-89H2,1-5H3/b20-18-,21-19-,26-24-,27-25-,32-30-,33-31-. The van der Waals surface area contributed by atoms with Crippen molar-refractivity contribution in [3.63, 3.8) is 0 Å². The number of nitrogens with zero attached hydrogens (tertiary/aromatic N) is 1. The molecule has 0 aliphatic heterocycles. The van der Waals surface area contributed by atoms with Crippen molar-refractivity contribution in [2.24, 2.45) is 0 Å². The summed E-state index contributed by atoms with van der Waals surface area (Å²) in [6.07, 6.45) is 112. The van der Waals surface area contributed by atoms with Crippen LogP contribution in [0.2, 0.25) is 0 Å². The molecule has 0 heterocycles. The average Bonchev–Trinajstić information content (AvgIpc) is 1.06. The fourth-order valence-electron chi connectivity index (χ4n) is 13.6. The van der Waals surface area contributed by atoms with Crippen molar-refractivity contribution in [3.05, 3.63) is 72.9 Å². The second-order valence-corrected chi connectivity index (χ2v) is 31.9. The zero-order valence-corrected chi connectivity index (χ0v) is 69.2. The highest BCUT2D eigenvalue weighted by Gasteiger charge is 2.22. The number of carboxylic acids is 1. The van der Waals surface area contributed by atoms with E-state index in [9.17, 15) is 19.5 Å². The lowest BCUT2D eigenvalue weighted by Gasteiger charge is -2.26. The maximum absolute atomic E-state index is 13.0. The largest absolute Gasteiger partial charge is 0.545 e. The van der Waals surface area contributed by atoms with Crippen LogP contribution in [0, 0.1) is 0 Å². The number of unbranched alkanes of at least 4 members (excludes halogenated alkanes) is 58. The Hall–Kier alpha value is -3.27. The first-order chi connectivity index (χ1) is 50.6. The molecule has 2 unspecified atom stereocenters. The SMILES string of the molecule is CCCCCCC/C=C\C/C=C\C/C=C\CCCCCCCCCCCCCCCCCCCCCCCCCCC(=O)OCC(COC(OCC[N+](C)(C)C)C(=O)[O-])OC(=O)CCCCCCCCCCCCCCCCCCCCCCCCCC/C=C\C/C=C\C/C=C\CCCCCCC. The minimum absolute atomic E-state index is 0.150. The van der Waals surface area contributed by atoms with E-state index in [1.165, 1.54) is 360 Å². The van der Waals surface area contributed by atoms with Crippen LogP contribution in [0.4, 0.5) is 0 Å². The van der Waals surface area contributed by atoms with Crippen LogP contribution in [0.5, 0.6) is 0 Å². The molecule has 0 N–H and O–H groups in total. The van der Waals surface area contributed by atoms with Crippen molar-refractivity contribution >= 4 is 17.9 Å². The highest BCUT2D eigenvalue weighted by molar-refractivity contribution is 5.70. The number of hydrogen-bond donors (Lipinski definition) is 0. The Morgan fingerprint density at radius 3 is 0.777 bits per heavy atom. The van der Waals surface area contributed by atoms with Crippen molar-refractivity contribution in [3.8, 4) is 0 Å². The van der Waals surface area contributed by atoms with Crippen LogP contribution in [-0.2, 0) is 33.3 Å². The molecule has 0 saturated heterocycles. The number of ether oxygens (including phenoxy) is 4. The fraction of sp³-hybridized carbons (Fsp3) is 0.840. The van der Waals surface area contributed by atoms with Gasteiger partial charge in [0.1, 0.15) is 13.2 Å². The number of quaternary nitrogens is 1. The zero-order valence-electron chi connectivity index (χ0n) is 69.2. The fourth-order valence-corrected chi connectivity index (χ4v) is 13.6. The van der Waals surface area contributed by atoms with Gasteiger partial charge in [-0.3, -0.25) is 9.59 Å². The Balaban J connectivity index is 3.91. The second kappa shape index (κ2) is 84.4. The van der Waals surface area contributed by atoms with Crippen LogP contribution in [0.25, 0.3) is 0 Å². The smallest absolute Gasteiger partial charge is 0.306 e. The summed E-state index contributed by atoms with van der Waals surface area (Å²) in [7, 11) is 5.96. The molecule has 9 nitrogen and oxygen atoms in total. The van der Waals surface area contributed by atoms with Gasteiger partial charge in [-0.2, -0.15) is 0 Å². The molecule has 602 valence electrons. The summed E-state index contributed by atoms with van der Waals surface area (Å²) in [6.45, 7) is 4.80. The van der Waals surface area contributed by atoms with Crippen molar-refractivity contribution < 1.29 is 42.9 Å². The molecule has 103 heavy (non-hydrogen) atoms. The number of likely N-dealkylation sites (N-methyl/N-ethyl adjacent to an activating group) is 1. The predicted molar refractivity (Wildman–Crippen MR) is 445 cm³/mol. The monoisotopic (exact) mass is 1440 g/mol. The first-order valence-electron chi connectivity index (χ1n) is 45.1. The van der Waals surface area contributed by atoms with E-state index in [4.69, 9.17) is 18.9 Å². The van der Waals surface area contributed by atoms with E-state index in [2.05, 4.69) is 86.8 Å². The molecule has 0 amide bonds. The third kappa shape index (κ3) is 85.9. The van der Waals surface area contributed by atoms with Gasteiger partial charge in [0, 0.05) is 12.8 Å². The Labute approximate surface area is 640 Å². The number of rotatable bonds is 85. The van der Waals surface area contributed by atoms with E-state index < -0.39 is 24.3 Å². The number of carboxylic acid groups (broad SMARTS) is 1. The van der Waals surface area contributed by atoms with Crippen LogP contribution in [0.15, 0.2) is 72.9 Å². The first-order valence-corrected chi connectivity index (χ1v) is 45.1. The molecule has 0 spiro atoms. The lowest BCUT2D eigenvalue weighted by molar-refractivity contribution is -0.870. The van der Waals surface area contributed by atoms with Crippen molar-refractivity contribution in [2.75, 3.05) is 47.5 Å². The van der Waals surface area contributed by atoms with Crippen molar-refractivity contribution in [2.45, 2.75) is 463 Å². The van der Waals surface area contributed by atoms with Gasteiger partial charge in [0.2, 0.25) is 0 Å². The quantitative estimate of drug-likeness (QED) is 0.0195. The molecule has 0 bridgehead atoms. The molecule has 0 aliphatic carbocycles. The molecule has 0 radical (unpaired) electrons. The number of carbonyl (C=O) groups excluding carboxylic acids is 3. The maximum Gasteiger partial charge on any atom is 0.306 e. The molecule has 0 rings (SSSR count). The summed E-state index contributed by atoms with van der Waals surface area (Å²) < 4.78 is 22.9. The van der Waals surface area contributed by atoms with Gasteiger partial charge >= 0.3 is 11.9 Å². The maximum atomic E-state index is 13.0. The summed E-state index contributed by atoms with van der Waals surface area (Å²) >= 11 is 0. The van der Waals surface area contributed by atoms with Gasteiger partial charge in [0.15, 0.2) is 12.4 Å². The third-order valence-corrected chi connectivity index (χ3v) is 20.4. The summed E-state index contributed by atoms with van der Waals surface area (Å²) in [6, 6.07) is 0. The lowest BCUT2D eigenvalue weighted by atomic mass is 10.0. The number of aliphatic carboxylic acids is 1. The number of esters is 2. The van der Waals surface area contributed by atoms with Gasteiger partial charge in [0.05, 0.1) is 40.3 Å². The number of hydrogen-bond acceptors (Lipinski definition) is 8. The minimum atomic E-state index is -1.62. The minimum Gasteiger partial charge on any atom is -0.545 e. The molecule has 2 atom stereocenters.